The quantitative estimate of drug-likeness (QED) is 0.0261. The Morgan fingerprint density at radius 3 is 0.865 bits per heavy atom. The molecule has 0 heterocycles. The van der Waals surface area contributed by atoms with Crippen molar-refractivity contribution in [3.8, 4) is 0 Å². The van der Waals surface area contributed by atoms with Crippen molar-refractivity contribution in [3.05, 3.63) is 109 Å². The summed E-state index contributed by atoms with van der Waals surface area (Å²) in [5.41, 5.74) is 0. The highest BCUT2D eigenvalue weighted by Crippen LogP contribution is 2.15. The van der Waals surface area contributed by atoms with Gasteiger partial charge in [0.05, 0.1) is 0 Å². The number of allylic oxidation sites excluding steroid dienone is 18. The predicted octanol–water partition coefficient (Wildman–Crippen LogP) is 21.0. The zero-order valence-electron chi connectivity index (χ0n) is 48.3. The summed E-state index contributed by atoms with van der Waals surface area (Å²) < 4.78 is 16.9. The molecule has 0 aromatic heterocycles. The predicted molar refractivity (Wildman–Crippen MR) is 320 cm³/mol. The van der Waals surface area contributed by atoms with Crippen molar-refractivity contribution in [3.63, 3.8) is 0 Å². The number of rotatable bonds is 55. The maximum atomic E-state index is 12.9. The summed E-state index contributed by atoms with van der Waals surface area (Å²) in [4.78, 5) is 38.3. The van der Waals surface area contributed by atoms with E-state index in [0.717, 1.165) is 135 Å². The maximum Gasteiger partial charge on any atom is 0.306 e. The monoisotopic (exact) mass is 1030 g/mol. The molecule has 0 aliphatic heterocycles. The first-order valence-electron chi connectivity index (χ1n) is 30.9. The summed E-state index contributed by atoms with van der Waals surface area (Å²) in [5, 5.41) is 0. The van der Waals surface area contributed by atoms with E-state index < -0.39 is 6.10 Å². The first kappa shape index (κ1) is 70.1. The van der Waals surface area contributed by atoms with Gasteiger partial charge in [-0.25, -0.2) is 0 Å². The molecule has 422 valence electrons. The molecule has 0 saturated carbocycles. The fourth-order valence-corrected chi connectivity index (χ4v) is 8.35. The van der Waals surface area contributed by atoms with Crippen molar-refractivity contribution in [2.45, 2.75) is 290 Å². The normalized spacial score (nSPS) is 12.9. The lowest BCUT2D eigenvalue weighted by Crippen LogP contribution is -2.30. The van der Waals surface area contributed by atoms with Crippen LogP contribution in [0.4, 0.5) is 0 Å². The van der Waals surface area contributed by atoms with Gasteiger partial charge in [-0.05, 0) is 128 Å². The molecule has 6 heteroatoms. The molecule has 0 rings (SSSR count). The van der Waals surface area contributed by atoms with E-state index >= 15 is 0 Å². The van der Waals surface area contributed by atoms with Crippen LogP contribution in [0.1, 0.15) is 284 Å². The number of ether oxygens (including phenoxy) is 3. The van der Waals surface area contributed by atoms with Crippen molar-refractivity contribution in [2.24, 2.45) is 0 Å². The minimum absolute atomic E-state index is 0.0962. The van der Waals surface area contributed by atoms with E-state index in [2.05, 4.69) is 130 Å². The third-order valence-corrected chi connectivity index (χ3v) is 13.0. The molecule has 1 atom stereocenters. The second kappa shape index (κ2) is 61.6. The van der Waals surface area contributed by atoms with E-state index in [4.69, 9.17) is 14.2 Å². The van der Waals surface area contributed by atoms with Crippen LogP contribution in [-0.2, 0) is 28.6 Å². The molecular weight excluding hydrogens is 913 g/mol. The Morgan fingerprint density at radius 2 is 0.527 bits per heavy atom. The van der Waals surface area contributed by atoms with Gasteiger partial charge in [0.15, 0.2) is 6.10 Å². The molecule has 0 N–H and O–H groups in total. The highest BCUT2D eigenvalue weighted by molar-refractivity contribution is 5.71. The second-order valence-corrected chi connectivity index (χ2v) is 20.2. The minimum atomic E-state index is -0.800. The van der Waals surface area contributed by atoms with Gasteiger partial charge < -0.3 is 14.2 Å². The van der Waals surface area contributed by atoms with E-state index in [0.29, 0.717) is 19.3 Å². The van der Waals surface area contributed by atoms with E-state index in [1.54, 1.807) is 0 Å². The van der Waals surface area contributed by atoms with Gasteiger partial charge in [-0.3, -0.25) is 14.4 Å². The zero-order valence-corrected chi connectivity index (χ0v) is 48.3. The van der Waals surface area contributed by atoms with Crippen LogP contribution in [0.3, 0.4) is 0 Å². The summed E-state index contributed by atoms with van der Waals surface area (Å²) >= 11 is 0. The van der Waals surface area contributed by atoms with Gasteiger partial charge in [-0.1, -0.05) is 246 Å². The van der Waals surface area contributed by atoms with E-state index in [1.807, 2.05) is 0 Å². The Kier molecular flexibility index (Phi) is 58.3. The average Bonchev–Trinajstić information content (AvgIpc) is 3.40. The largest absolute Gasteiger partial charge is 0.462 e. The van der Waals surface area contributed by atoms with Gasteiger partial charge in [0.1, 0.15) is 13.2 Å². The summed E-state index contributed by atoms with van der Waals surface area (Å²) in [6.45, 7) is 6.47. The van der Waals surface area contributed by atoms with E-state index in [1.165, 1.54) is 109 Å². The molecule has 0 aliphatic carbocycles. The lowest BCUT2D eigenvalue weighted by atomic mass is 10.1. The van der Waals surface area contributed by atoms with Gasteiger partial charge in [0.2, 0.25) is 0 Å². The standard InChI is InChI=1S/C68H114O6/c1-4-7-10-13-16-19-22-25-28-30-32-33-34-35-36-38-40-43-46-49-52-55-58-61-67(70)73-64-65(63-72-66(69)60-57-54-51-48-45-42-39-27-24-21-18-15-12-9-6-3)74-68(71)62-59-56-53-50-47-44-41-37-31-29-26-23-20-17-14-11-8-5-2/h7,10,16,18-19,21,25,27-29,31-33,35-36,39-40,43,65H,4-6,8-9,11-15,17,20,22-24,26,30,34,37-38,41-42,44-64H2,1-3H3/b10-7-,19-16-,21-18-,28-25-,31-29-,33-32-,36-35-,39-27-,43-40-. The lowest BCUT2D eigenvalue weighted by Gasteiger charge is -2.18. The molecule has 0 fully saturated rings. The van der Waals surface area contributed by atoms with Crippen LogP contribution < -0.4 is 0 Å². The summed E-state index contributed by atoms with van der Waals surface area (Å²) in [7, 11) is 0. The molecule has 0 aliphatic rings. The molecule has 0 spiro atoms. The Morgan fingerprint density at radius 1 is 0.284 bits per heavy atom. The number of hydrogen-bond acceptors (Lipinski definition) is 6. The van der Waals surface area contributed by atoms with E-state index in [-0.39, 0.29) is 31.1 Å². The summed E-state index contributed by atoms with van der Waals surface area (Å²) in [6.07, 6.45) is 83.6. The SMILES string of the molecule is CC/C=C\C/C=C\C/C=C\C/C=C\C/C=C\C/C=C\CCCCCCC(=O)OCC(COC(=O)CCCCCCC/C=C\C/C=C\CCCCC)OC(=O)CCCCCCCCC/C=C\CCCCCCCCC. The van der Waals surface area contributed by atoms with Crippen LogP contribution in [0.25, 0.3) is 0 Å². The van der Waals surface area contributed by atoms with Crippen molar-refractivity contribution in [1.29, 1.82) is 0 Å². The smallest absolute Gasteiger partial charge is 0.306 e. The van der Waals surface area contributed by atoms with Crippen molar-refractivity contribution in [2.75, 3.05) is 13.2 Å². The van der Waals surface area contributed by atoms with Gasteiger partial charge in [0, 0.05) is 19.3 Å². The van der Waals surface area contributed by atoms with Crippen LogP contribution in [0.15, 0.2) is 109 Å². The molecular formula is C68H114O6. The number of hydrogen-bond donors (Lipinski definition) is 0. The molecule has 0 aromatic rings. The number of unbranched alkanes of at least 4 members (excludes halogenated alkanes) is 26. The van der Waals surface area contributed by atoms with Gasteiger partial charge >= 0.3 is 17.9 Å². The first-order chi connectivity index (χ1) is 36.5. The Balaban J connectivity index is 4.46. The van der Waals surface area contributed by atoms with Gasteiger partial charge in [0.25, 0.3) is 0 Å². The first-order valence-corrected chi connectivity index (χ1v) is 30.9. The van der Waals surface area contributed by atoms with Crippen LogP contribution in [0, 0.1) is 0 Å². The third-order valence-electron chi connectivity index (χ3n) is 13.0. The van der Waals surface area contributed by atoms with Crippen molar-refractivity contribution >= 4 is 17.9 Å². The van der Waals surface area contributed by atoms with Crippen LogP contribution in [-0.4, -0.2) is 37.2 Å². The van der Waals surface area contributed by atoms with E-state index in [9.17, 15) is 14.4 Å². The number of esters is 3. The second-order valence-electron chi connectivity index (χ2n) is 20.2. The molecule has 74 heavy (non-hydrogen) atoms. The number of carbonyl (C=O) groups excluding carboxylic acids is 3. The molecule has 1 unspecified atom stereocenters. The molecule has 0 aromatic carbocycles. The average molecular weight is 1030 g/mol. The molecule has 0 saturated heterocycles. The molecule has 0 bridgehead atoms. The van der Waals surface area contributed by atoms with Gasteiger partial charge in [-0.2, -0.15) is 0 Å². The highest BCUT2D eigenvalue weighted by Gasteiger charge is 2.19. The van der Waals surface area contributed by atoms with Crippen molar-refractivity contribution < 1.29 is 28.6 Å². The topological polar surface area (TPSA) is 78.9 Å². The third kappa shape index (κ3) is 59.0. The van der Waals surface area contributed by atoms with Crippen LogP contribution >= 0.6 is 0 Å². The fraction of sp³-hybridized carbons (Fsp3) is 0.691. The molecule has 0 radical (unpaired) electrons. The van der Waals surface area contributed by atoms with Crippen LogP contribution in [0.5, 0.6) is 0 Å². The maximum absolute atomic E-state index is 12.9. The lowest BCUT2D eigenvalue weighted by molar-refractivity contribution is -0.167. The van der Waals surface area contributed by atoms with Crippen LogP contribution in [0.2, 0.25) is 0 Å². The van der Waals surface area contributed by atoms with Crippen molar-refractivity contribution in [1.82, 2.24) is 0 Å². The Hall–Kier alpha value is -3.93. The fourth-order valence-electron chi connectivity index (χ4n) is 8.35. The molecule has 0 amide bonds. The molecule has 6 nitrogen and oxygen atoms in total. The Bertz CT molecular complexity index is 1510. The summed E-state index contributed by atoms with van der Waals surface area (Å²) in [5.74, 6) is -0.934. The minimum Gasteiger partial charge on any atom is -0.462 e. The highest BCUT2D eigenvalue weighted by atomic mass is 16.6. The zero-order chi connectivity index (χ0) is 53.6. The number of carbonyl (C=O) groups is 3. The summed E-state index contributed by atoms with van der Waals surface area (Å²) in [6, 6.07) is 0. The van der Waals surface area contributed by atoms with Gasteiger partial charge in [-0.15, -0.1) is 0 Å². The Labute approximate surface area is 457 Å².